The number of urea groups is 1. The van der Waals surface area contributed by atoms with Crippen LogP contribution in [0.1, 0.15) is 0 Å². The van der Waals surface area contributed by atoms with Crippen molar-refractivity contribution < 1.29 is 14.3 Å². The number of amides is 2. The lowest BCUT2D eigenvalue weighted by Gasteiger charge is -2.36. The molecule has 2 aromatic carbocycles. The summed E-state index contributed by atoms with van der Waals surface area (Å²) in [6, 6.07) is 14.8. The molecule has 1 aliphatic heterocycles. The zero-order valence-corrected chi connectivity index (χ0v) is 18.7. The van der Waals surface area contributed by atoms with Crippen LogP contribution in [0.15, 0.2) is 48.5 Å². The molecule has 0 aromatic heterocycles. The Kier molecular flexibility index (Phi) is 8.31. The van der Waals surface area contributed by atoms with E-state index in [4.69, 9.17) is 21.7 Å². The molecule has 0 radical (unpaired) electrons. The molecule has 1 aliphatic rings. The molecule has 9 heteroatoms. The molecule has 2 amide bonds. The number of nitrogens with zero attached hydrogens (tertiary/aromatic N) is 2. The van der Waals surface area contributed by atoms with Gasteiger partial charge in [-0.3, -0.25) is 4.90 Å². The molecular formula is C22H29N5O3S. The van der Waals surface area contributed by atoms with Crippen molar-refractivity contribution >= 4 is 34.7 Å². The molecule has 3 rings (SSSR count). The van der Waals surface area contributed by atoms with Gasteiger partial charge in [0.15, 0.2) is 5.11 Å². The maximum atomic E-state index is 12.1. The van der Waals surface area contributed by atoms with Gasteiger partial charge in [0.25, 0.3) is 0 Å². The van der Waals surface area contributed by atoms with Gasteiger partial charge in [-0.05, 0) is 36.5 Å². The molecule has 8 nitrogen and oxygen atoms in total. The van der Waals surface area contributed by atoms with Crippen molar-refractivity contribution in [2.75, 3.05) is 64.1 Å². The van der Waals surface area contributed by atoms with Gasteiger partial charge in [0.05, 0.1) is 25.6 Å². The first-order valence-corrected chi connectivity index (χ1v) is 10.6. The lowest BCUT2D eigenvalue weighted by Crippen LogP contribution is -2.51. The number of hydrogen-bond donors (Lipinski definition) is 3. The van der Waals surface area contributed by atoms with E-state index in [1.165, 1.54) is 0 Å². The monoisotopic (exact) mass is 443 g/mol. The van der Waals surface area contributed by atoms with Crippen LogP contribution in [0.3, 0.4) is 0 Å². The van der Waals surface area contributed by atoms with Crippen molar-refractivity contribution in [2.24, 2.45) is 0 Å². The summed E-state index contributed by atoms with van der Waals surface area (Å²) in [6.07, 6.45) is 0. The largest absolute Gasteiger partial charge is 0.495 e. The molecule has 166 valence electrons. The van der Waals surface area contributed by atoms with Crippen LogP contribution >= 0.6 is 12.2 Å². The van der Waals surface area contributed by atoms with Crippen LogP contribution in [0.4, 0.5) is 16.2 Å². The highest BCUT2D eigenvalue weighted by atomic mass is 32.1. The van der Waals surface area contributed by atoms with E-state index in [1.54, 1.807) is 20.3 Å². The van der Waals surface area contributed by atoms with Gasteiger partial charge in [0.2, 0.25) is 0 Å². The number of nitrogens with one attached hydrogen (secondary N) is 3. The average Bonchev–Trinajstić information content (AvgIpc) is 2.80. The number of ether oxygens (including phenoxy) is 2. The maximum Gasteiger partial charge on any atom is 0.319 e. The summed E-state index contributed by atoms with van der Waals surface area (Å²) in [5.74, 6) is 1.40. The Morgan fingerprint density at radius 1 is 0.903 bits per heavy atom. The predicted octanol–water partition coefficient (Wildman–Crippen LogP) is 2.84. The number of hydrogen-bond acceptors (Lipinski definition) is 5. The third-order valence-corrected chi connectivity index (χ3v) is 5.44. The van der Waals surface area contributed by atoms with Crippen LogP contribution in [-0.2, 0) is 0 Å². The number of benzene rings is 2. The first-order chi connectivity index (χ1) is 15.1. The summed E-state index contributed by atoms with van der Waals surface area (Å²) in [5.41, 5.74) is 1.51. The fraction of sp³-hybridized carbons (Fsp3) is 0.364. The van der Waals surface area contributed by atoms with Gasteiger partial charge in [-0.1, -0.05) is 24.3 Å². The molecule has 0 bridgehead atoms. The number of piperazine rings is 1. The molecule has 3 N–H and O–H groups in total. The van der Waals surface area contributed by atoms with Crippen molar-refractivity contribution in [3.8, 4) is 11.5 Å². The Morgan fingerprint density at radius 3 is 2.03 bits per heavy atom. The van der Waals surface area contributed by atoms with E-state index in [0.29, 0.717) is 23.1 Å². The van der Waals surface area contributed by atoms with E-state index >= 15 is 0 Å². The third kappa shape index (κ3) is 6.47. The summed E-state index contributed by atoms with van der Waals surface area (Å²) in [7, 11) is 3.22. The zero-order valence-electron chi connectivity index (χ0n) is 17.9. The number of thiocarbonyl (C=S) groups is 1. The van der Waals surface area contributed by atoms with Gasteiger partial charge < -0.3 is 30.3 Å². The molecule has 31 heavy (non-hydrogen) atoms. The quantitative estimate of drug-likeness (QED) is 0.568. The fourth-order valence-corrected chi connectivity index (χ4v) is 3.65. The molecule has 1 heterocycles. The van der Waals surface area contributed by atoms with Crippen molar-refractivity contribution in [3.05, 3.63) is 48.5 Å². The van der Waals surface area contributed by atoms with Gasteiger partial charge in [0.1, 0.15) is 11.5 Å². The average molecular weight is 444 g/mol. The number of anilines is 2. The first-order valence-electron chi connectivity index (χ1n) is 10.2. The van der Waals surface area contributed by atoms with Crippen LogP contribution in [0.2, 0.25) is 0 Å². The Balaban J connectivity index is 1.37. The van der Waals surface area contributed by atoms with Gasteiger partial charge >= 0.3 is 6.03 Å². The Morgan fingerprint density at radius 2 is 1.45 bits per heavy atom. The summed E-state index contributed by atoms with van der Waals surface area (Å²) >= 11 is 5.57. The van der Waals surface area contributed by atoms with Gasteiger partial charge in [-0.15, -0.1) is 0 Å². The zero-order chi connectivity index (χ0) is 22.1. The number of para-hydroxylation sites is 4. The molecule has 1 fully saturated rings. The second kappa shape index (κ2) is 11.4. The highest BCUT2D eigenvalue weighted by Crippen LogP contribution is 2.24. The molecule has 2 aromatic rings. The van der Waals surface area contributed by atoms with Crippen LogP contribution < -0.4 is 25.4 Å². The van der Waals surface area contributed by atoms with E-state index in [9.17, 15) is 4.79 Å². The minimum atomic E-state index is -0.245. The van der Waals surface area contributed by atoms with E-state index in [1.807, 2.05) is 42.5 Å². The third-order valence-electron chi connectivity index (χ3n) is 5.08. The lowest BCUT2D eigenvalue weighted by atomic mass is 10.3. The highest BCUT2D eigenvalue weighted by Gasteiger charge is 2.19. The molecule has 0 aliphatic carbocycles. The highest BCUT2D eigenvalue weighted by molar-refractivity contribution is 7.80. The van der Waals surface area contributed by atoms with Gasteiger partial charge in [-0.2, -0.15) is 0 Å². The summed E-state index contributed by atoms with van der Waals surface area (Å²) in [6.45, 7) is 4.75. The summed E-state index contributed by atoms with van der Waals surface area (Å²) in [4.78, 5) is 16.6. The Labute approximate surface area is 188 Å². The van der Waals surface area contributed by atoms with E-state index in [0.717, 1.165) is 44.2 Å². The van der Waals surface area contributed by atoms with Gasteiger partial charge in [-0.25, -0.2) is 4.79 Å². The molecule has 0 saturated carbocycles. The van der Waals surface area contributed by atoms with Crippen LogP contribution in [0.25, 0.3) is 0 Å². The minimum absolute atomic E-state index is 0.245. The standard InChI is InChI=1S/C22H29N5O3S/c1-29-19-9-5-3-7-17(19)24-21(28)23-11-12-26-13-15-27(16-14-26)22(31)25-18-8-4-6-10-20(18)30-2/h3-10H,11-16H2,1-2H3,(H,25,31)(H2,23,24,28). The normalized spacial score (nSPS) is 13.9. The van der Waals surface area contributed by atoms with E-state index < -0.39 is 0 Å². The number of carbonyl (C=O) groups excluding carboxylic acids is 1. The van der Waals surface area contributed by atoms with E-state index in [-0.39, 0.29) is 6.03 Å². The summed E-state index contributed by atoms with van der Waals surface area (Å²) < 4.78 is 10.6. The second-order valence-corrected chi connectivity index (χ2v) is 7.43. The van der Waals surface area contributed by atoms with Crippen LogP contribution in [0, 0.1) is 0 Å². The number of methoxy groups -OCH3 is 2. The van der Waals surface area contributed by atoms with Crippen molar-refractivity contribution in [1.82, 2.24) is 15.1 Å². The Bertz CT molecular complexity index is 884. The fourth-order valence-electron chi connectivity index (χ4n) is 3.36. The van der Waals surface area contributed by atoms with Crippen molar-refractivity contribution in [1.29, 1.82) is 0 Å². The molecule has 1 saturated heterocycles. The predicted molar refractivity (Wildman–Crippen MR) is 127 cm³/mol. The SMILES string of the molecule is COc1ccccc1NC(=O)NCCN1CCN(C(=S)Nc2ccccc2OC)CC1. The molecular weight excluding hydrogens is 414 g/mol. The lowest BCUT2D eigenvalue weighted by molar-refractivity contribution is 0.184. The summed E-state index contributed by atoms with van der Waals surface area (Å²) in [5, 5.41) is 9.68. The van der Waals surface area contributed by atoms with E-state index in [2.05, 4.69) is 25.8 Å². The van der Waals surface area contributed by atoms with Crippen LogP contribution in [0.5, 0.6) is 11.5 Å². The molecule has 0 unspecified atom stereocenters. The number of carbonyl (C=O) groups is 1. The molecule has 0 atom stereocenters. The topological polar surface area (TPSA) is 78.1 Å². The van der Waals surface area contributed by atoms with Crippen molar-refractivity contribution in [3.63, 3.8) is 0 Å². The number of rotatable bonds is 7. The first kappa shape index (κ1) is 22.6. The maximum absolute atomic E-state index is 12.1. The Hall–Kier alpha value is -3.04. The second-order valence-electron chi connectivity index (χ2n) is 7.04. The van der Waals surface area contributed by atoms with Gasteiger partial charge in [0, 0.05) is 39.3 Å². The van der Waals surface area contributed by atoms with Crippen LogP contribution in [-0.4, -0.2) is 74.4 Å². The van der Waals surface area contributed by atoms with Crippen molar-refractivity contribution in [2.45, 2.75) is 0 Å². The minimum Gasteiger partial charge on any atom is -0.495 e. The molecule has 0 spiro atoms. The smallest absolute Gasteiger partial charge is 0.319 e.